The predicted octanol–water partition coefficient (Wildman–Crippen LogP) is 10.8. The monoisotopic (exact) mass is 614 g/mol. The molecule has 0 fully saturated rings. The van der Waals surface area contributed by atoms with E-state index in [1.807, 2.05) is 0 Å². The van der Waals surface area contributed by atoms with Crippen molar-refractivity contribution in [3.8, 4) is 0 Å². The van der Waals surface area contributed by atoms with Crippen molar-refractivity contribution < 1.29 is 24.2 Å². The highest BCUT2D eigenvalue weighted by Gasteiger charge is 2.16. The molecule has 0 bridgehead atoms. The van der Waals surface area contributed by atoms with Crippen molar-refractivity contribution in [1.82, 2.24) is 0 Å². The van der Waals surface area contributed by atoms with Crippen molar-refractivity contribution in [3.05, 3.63) is 60.8 Å². The zero-order chi connectivity index (χ0) is 32.2. The van der Waals surface area contributed by atoms with Gasteiger partial charge in [-0.2, -0.15) is 0 Å². The lowest BCUT2D eigenvalue weighted by atomic mass is 10.1. The smallest absolute Gasteiger partial charge is 0.306 e. The highest BCUT2D eigenvalue weighted by molar-refractivity contribution is 5.70. The summed E-state index contributed by atoms with van der Waals surface area (Å²) in [6.07, 6.45) is 44.2. The lowest BCUT2D eigenvalue weighted by Crippen LogP contribution is -2.28. The molecule has 0 aliphatic carbocycles. The maximum atomic E-state index is 12.1. The molecule has 1 atom stereocenters. The Balaban J connectivity index is 3.67. The Bertz CT molecular complexity index is 792. The van der Waals surface area contributed by atoms with Crippen molar-refractivity contribution >= 4 is 11.9 Å². The van der Waals surface area contributed by atoms with Crippen molar-refractivity contribution in [2.45, 2.75) is 161 Å². The molecule has 44 heavy (non-hydrogen) atoms. The number of rotatable bonds is 31. The van der Waals surface area contributed by atoms with Crippen molar-refractivity contribution in [1.29, 1.82) is 0 Å². The van der Waals surface area contributed by atoms with Crippen molar-refractivity contribution in [2.24, 2.45) is 0 Å². The van der Waals surface area contributed by atoms with Gasteiger partial charge in [-0.3, -0.25) is 9.59 Å². The van der Waals surface area contributed by atoms with Gasteiger partial charge in [0, 0.05) is 12.8 Å². The Kier molecular flexibility index (Phi) is 33.2. The third-order valence-corrected chi connectivity index (χ3v) is 7.30. The van der Waals surface area contributed by atoms with Gasteiger partial charge in [-0.25, -0.2) is 0 Å². The fraction of sp³-hybridized carbons (Fsp3) is 0.692. The topological polar surface area (TPSA) is 72.8 Å². The van der Waals surface area contributed by atoms with E-state index < -0.39 is 6.10 Å². The molecule has 252 valence electrons. The Labute approximate surface area is 271 Å². The van der Waals surface area contributed by atoms with Gasteiger partial charge >= 0.3 is 11.9 Å². The lowest BCUT2D eigenvalue weighted by molar-refractivity contribution is -0.161. The second-order valence-corrected chi connectivity index (χ2v) is 11.6. The van der Waals surface area contributed by atoms with E-state index in [0.29, 0.717) is 12.8 Å². The first kappa shape index (κ1) is 41.6. The molecule has 0 spiro atoms. The molecule has 5 nitrogen and oxygen atoms in total. The first-order valence-corrected chi connectivity index (χ1v) is 17.8. The molecular formula is C39H66O5. The normalized spacial score (nSPS) is 12.9. The van der Waals surface area contributed by atoms with Gasteiger partial charge in [0.2, 0.25) is 0 Å². The first-order valence-electron chi connectivity index (χ1n) is 17.8. The molecule has 0 saturated carbocycles. The van der Waals surface area contributed by atoms with Crippen LogP contribution in [0.1, 0.15) is 155 Å². The number of hydrogen-bond donors (Lipinski definition) is 1. The summed E-state index contributed by atoms with van der Waals surface area (Å²) < 4.78 is 10.5. The van der Waals surface area contributed by atoms with E-state index in [0.717, 1.165) is 64.2 Å². The van der Waals surface area contributed by atoms with Gasteiger partial charge in [-0.15, -0.1) is 0 Å². The van der Waals surface area contributed by atoms with Gasteiger partial charge in [0.15, 0.2) is 6.10 Å². The number of allylic oxidation sites excluding steroid dienone is 10. The molecule has 0 radical (unpaired) electrons. The summed E-state index contributed by atoms with van der Waals surface area (Å²) in [5.74, 6) is -0.650. The average Bonchev–Trinajstić information content (AvgIpc) is 3.02. The molecular weight excluding hydrogens is 548 g/mol. The van der Waals surface area contributed by atoms with Crippen LogP contribution in [0.5, 0.6) is 0 Å². The number of esters is 2. The van der Waals surface area contributed by atoms with Crippen LogP contribution in [0.15, 0.2) is 60.8 Å². The van der Waals surface area contributed by atoms with Crippen LogP contribution in [0.3, 0.4) is 0 Å². The number of aliphatic hydroxyl groups excluding tert-OH is 1. The number of hydrogen-bond acceptors (Lipinski definition) is 5. The molecule has 0 aliphatic rings. The lowest BCUT2D eigenvalue weighted by Gasteiger charge is -2.15. The highest BCUT2D eigenvalue weighted by Crippen LogP contribution is 2.12. The third kappa shape index (κ3) is 32.5. The second kappa shape index (κ2) is 35.1. The Hall–Kier alpha value is -2.40. The second-order valence-electron chi connectivity index (χ2n) is 11.6. The summed E-state index contributed by atoms with van der Waals surface area (Å²) in [5.41, 5.74) is 0. The van der Waals surface area contributed by atoms with Crippen LogP contribution in [0, 0.1) is 0 Å². The summed E-state index contributed by atoms with van der Waals surface area (Å²) in [5, 5.41) is 9.52. The minimum absolute atomic E-state index is 0.0913. The molecule has 0 aromatic heterocycles. The summed E-state index contributed by atoms with van der Waals surface area (Å²) >= 11 is 0. The summed E-state index contributed by atoms with van der Waals surface area (Å²) in [7, 11) is 0. The summed E-state index contributed by atoms with van der Waals surface area (Å²) in [6.45, 7) is 3.95. The zero-order valence-corrected chi connectivity index (χ0v) is 28.4. The van der Waals surface area contributed by atoms with Crippen LogP contribution in [-0.4, -0.2) is 36.4 Å². The molecule has 0 aromatic rings. The molecule has 0 amide bonds. The van der Waals surface area contributed by atoms with Gasteiger partial charge < -0.3 is 14.6 Å². The molecule has 0 unspecified atom stereocenters. The van der Waals surface area contributed by atoms with Gasteiger partial charge in [0.05, 0.1) is 6.61 Å². The average molecular weight is 615 g/mol. The Morgan fingerprint density at radius 1 is 0.545 bits per heavy atom. The largest absolute Gasteiger partial charge is 0.462 e. The van der Waals surface area contributed by atoms with Crippen LogP contribution in [0.25, 0.3) is 0 Å². The molecule has 1 N–H and O–H groups in total. The number of carbonyl (C=O) groups excluding carboxylic acids is 2. The van der Waals surface area contributed by atoms with E-state index in [1.165, 1.54) is 64.2 Å². The van der Waals surface area contributed by atoms with Gasteiger partial charge in [0.25, 0.3) is 0 Å². The van der Waals surface area contributed by atoms with Crippen molar-refractivity contribution in [3.63, 3.8) is 0 Å². The molecule has 0 aliphatic heterocycles. The van der Waals surface area contributed by atoms with E-state index >= 15 is 0 Å². The van der Waals surface area contributed by atoms with Crippen LogP contribution in [0.4, 0.5) is 0 Å². The van der Waals surface area contributed by atoms with E-state index in [2.05, 4.69) is 74.6 Å². The summed E-state index contributed by atoms with van der Waals surface area (Å²) in [6, 6.07) is 0. The fourth-order valence-electron chi connectivity index (χ4n) is 4.60. The van der Waals surface area contributed by atoms with E-state index in [-0.39, 0.29) is 25.2 Å². The highest BCUT2D eigenvalue weighted by atomic mass is 16.6. The minimum Gasteiger partial charge on any atom is -0.462 e. The Morgan fingerprint density at radius 3 is 1.55 bits per heavy atom. The summed E-state index contributed by atoms with van der Waals surface area (Å²) in [4.78, 5) is 24.2. The molecule has 0 saturated heterocycles. The maximum Gasteiger partial charge on any atom is 0.306 e. The van der Waals surface area contributed by atoms with Crippen LogP contribution in [0.2, 0.25) is 0 Å². The van der Waals surface area contributed by atoms with E-state index in [9.17, 15) is 14.7 Å². The van der Waals surface area contributed by atoms with Crippen molar-refractivity contribution in [2.75, 3.05) is 13.2 Å². The van der Waals surface area contributed by atoms with E-state index in [4.69, 9.17) is 9.47 Å². The molecule has 0 heterocycles. The van der Waals surface area contributed by atoms with Gasteiger partial charge in [0.1, 0.15) is 6.61 Å². The molecule has 5 heteroatoms. The number of aliphatic hydroxyl groups is 1. The van der Waals surface area contributed by atoms with Crippen LogP contribution >= 0.6 is 0 Å². The number of carbonyl (C=O) groups is 2. The first-order chi connectivity index (χ1) is 21.6. The molecule has 0 rings (SSSR count). The predicted molar refractivity (Wildman–Crippen MR) is 187 cm³/mol. The fourth-order valence-corrected chi connectivity index (χ4v) is 4.60. The zero-order valence-electron chi connectivity index (χ0n) is 28.4. The van der Waals surface area contributed by atoms with Gasteiger partial charge in [-0.1, -0.05) is 126 Å². The van der Waals surface area contributed by atoms with Gasteiger partial charge in [-0.05, 0) is 77.0 Å². The maximum absolute atomic E-state index is 12.1. The third-order valence-electron chi connectivity index (χ3n) is 7.30. The number of ether oxygens (including phenoxy) is 2. The minimum atomic E-state index is -0.791. The van der Waals surface area contributed by atoms with Crippen LogP contribution < -0.4 is 0 Å². The van der Waals surface area contributed by atoms with E-state index in [1.54, 1.807) is 0 Å². The standard InChI is InChI=1S/C39H66O5/c1-3-5-7-9-11-13-15-17-19-21-23-25-27-29-31-33-38(41)43-36-37(35-40)44-39(42)34-32-30-28-26-24-22-20-18-16-14-12-10-8-6-4-2/h5,7,11,13-14,16-17,19,23,25,37,40H,3-4,6,8-10,12,15,18,20-22,24,26-36H2,1-2H3/b7-5+,13-11+,16-14+,19-17+,25-23+/t37-/m0/s1. The quantitative estimate of drug-likeness (QED) is 0.0478. The molecule has 0 aromatic carbocycles. The SMILES string of the molecule is CC/C=C/C/C=C/C/C=C/C/C=C/CCCCC(=O)OC[C@H](CO)OC(=O)CCCCCCCCC/C=C/CCCCCC. The number of unbranched alkanes of at least 4 members (excludes halogenated alkanes) is 13. The Morgan fingerprint density at radius 2 is 0.977 bits per heavy atom. The van der Waals surface area contributed by atoms with Crippen LogP contribution in [-0.2, 0) is 19.1 Å².